The lowest BCUT2D eigenvalue weighted by Gasteiger charge is -2.17. The number of benzene rings is 5. The summed E-state index contributed by atoms with van der Waals surface area (Å²) in [5, 5.41) is 4.13. The van der Waals surface area contributed by atoms with Gasteiger partial charge in [0.15, 0.2) is 0 Å². The Balaban J connectivity index is 1.23. The van der Waals surface area contributed by atoms with E-state index < -0.39 is 8.07 Å². The summed E-state index contributed by atoms with van der Waals surface area (Å²) >= 11 is 0. The minimum Gasteiger partial charge on any atom is -0.0763 e. The predicted molar refractivity (Wildman–Crippen MR) is 178 cm³/mol. The van der Waals surface area contributed by atoms with E-state index in [1.165, 1.54) is 60.1 Å². The van der Waals surface area contributed by atoms with Crippen LogP contribution in [0.25, 0.3) is 51.1 Å². The summed E-state index contributed by atoms with van der Waals surface area (Å²) in [6.07, 6.45) is 9.02. The molecule has 0 fully saturated rings. The van der Waals surface area contributed by atoms with Crippen LogP contribution >= 0.6 is 0 Å². The second-order valence-electron chi connectivity index (χ2n) is 11.8. The van der Waals surface area contributed by atoms with Crippen molar-refractivity contribution in [2.45, 2.75) is 32.5 Å². The molecule has 1 aliphatic rings. The lowest BCUT2D eigenvalue weighted by Crippen LogP contribution is -2.37. The summed E-state index contributed by atoms with van der Waals surface area (Å²) in [7, 11) is -1.34. The van der Waals surface area contributed by atoms with Gasteiger partial charge in [-0.05, 0) is 73.9 Å². The lowest BCUT2D eigenvalue weighted by molar-refractivity contribution is 1.11. The Morgan fingerprint density at radius 1 is 0.450 bits per heavy atom. The van der Waals surface area contributed by atoms with Crippen LogP contribution in [0, 0.1) is 0 Å². The second kappa shape index (κ2) is 11.1. The molecule has 0 heterocycles. The van der Waals surface area contributed by atoms with Crippen molar-refractivity contribution < 1.29 is 0 Å². The number of hydrogen-bond acceptors (Lipinski definition) is 0. The molecule has 0 aliphatic heterocycles. The van der Waals surface area contributed by atoms with Crippen molar-refractivity contribution in [3.05, 3.63) is 143 Å². The number of allylic oxidation sites excluding steroid dienone is 2. The van der Waals surface area contributed by atoms with Gasteiger partial charge < -0.3 is 0 Å². The van der Waals surface area contributed by atoms with E-state index in [0.717, 1.165) is 12.8 Å². The van der Waals surface area contributed by atoms with Crippen LogP contribution in [0.2, 0.25) is 19.6 Å². The van der Waals surface area contributed by atoms with E-state index in [9.17, 15) is 0 Å². The van der Waals surface area contributed by atoms with Gasteiger partial charge in [0.1, 0.15) is 0 Å². The molecule has 0 nitrogen and oxygen atoms in total. The first-order valence-corrected chi connectivity index (χ1v) is 17.8. The fourth-order valence-corrected chi connectivity index (χ4v) is 6.71. The molecule has 0 unspecified atom stereocenters. The zero-order valence-corrected chi connectivity index (χ0v) is 24.7. The van der Waals surface area contributed by atoms with Gasteiger partial charge in [-0.2, -0.15) is 0 Å². The average molecular weight is 533 g/mol. The highest BCUT2D eigenvalue weighted by Crippen LogP contribution is 2.30. The van der Waals surface area contributed by atoms with Crippen molar-refractivity contribution in [2.75, 3.05) is 0 Å². The Hall–Kier alpha value is -4.20. The van der Waals surface area contributed by atoms with E-state index in [2.05, 4.69) is 159 Å². The summed E-state index contributed by atoms with van der Waals surface area (Å²) < 4.78 is 0. The molecule has 5 aromatic rings. The maximum Gasteiger partial charge on any atom is 0.0776 e. The first-order valence-electron chi connectivity index (χ1n) is 14.3. The number of hydrogen-bond donors (Lipinski definition) is 0. The van der Waals surface area contributed by atoms with E-state index in [4.69, 9.17) is 0 Å². The first-order chi connectivity index (χ1) is 19.4. The fraction of sp³-hybridized carbons (Fsp3) is 0.128. The smallest absolute Gasteiger partial charge is 0.0763 e. The van der Waals surface area contributed by atoms with E-state index in [0.29, 0.717) is 0 Å². The van der Waals surface area contributed by atoms with Crippen LogP contribution in [0.5, 0.6) is 0 Å². The van der Waals surface area contributed by atoms with E-state index in [-0.39, 0.29) is 0 Å². The van der Waals surface area contributed by atoms with Crippen LogP contribution in [0.1, 0.15) is 18.4 Å². The van der Waals surface area contributed by atoms with Gasteiger partial charge in [0.25, 0.3) is 0 Å². The third kappa shape index (κ3) is 5.71. The monoisotopic (exact) mass is 532 g/mol. The summed E-state index contributed by atoms with van der Waals surface area (Å²) in [6, 6.07) is 44.7. The molecule has 0 bridgehead atoms. The van der Waals surface area contributed by atoms with Gasteiger partial charge in [-0.25, -0.2) is 0 Å². The minimum absolute atomic E-state index is 1.05. The molecule has 0 atom stereocenters. The van der Waals surface area contributed by atoms with Gasteiger partial charge >= 0.3 is 0 Å². The number of fused-ring (bicyclic) bond motifs is 1. The Labute approximate surface area is 239 Å². The average Bonchev–Trinajstić information content (AvgIpc) is 2.98. The SMILES string of the molecule is C[Si](C)(C)c1cccc(-c2ccc(-c3cccc(-c4ccc(/C5=C/C=c6/cccc/c6=C/CC5)cc4)c3)cc2)c1. The van der Waals surface area contributed by atoms with Crippen LogP contribution in [0.4, 0.5) is 0 Å². The predicted octanol–water partition coefficient (Wildman–Crippen LogP) is 8.67. The molecule has 0 N–H and O–H groups in total. The van der Waals surface area contributed by atoms with Crippen LogP contribution in [-0.4, -0.2) is 8.07 Å². The Morgan fingerprint density at radius 2 is 0.975 bits per heavy atom. The minimum atomic E-state index is -1.34. The molecule has 5 aromatic carbocycles. The van der Waals surface area contributed by atoms with Crippen LogP contribution in [-0.2, 0) is 0 Å². The van der Waals surface area contributed by atoms with Crippen molar-refractivity contribution in [3.8, 4) is 33.4 Å². The molecule has 1 aliphatic carbocycles. The zero-order valence-electron chi connectivity index (χ0n) is 23.7. The molecular formula is C39H36Si. The fourth-order valence-electron chi connectivity index (χ4n) is 5.52. The van der Waals surface area contributed by atoms with E-state index in [1.54, 1.807) is 0 Å². The molecule has 0 amide bonds. The molecule has 40 heavy (non-hydrogen) atoms. The molecule has 0 aromatic heterocycles. The molecule has 0 saturated carbocycles. The maximum absolute atomic E-state index is 2.40. The molecule has 0 radical (unpaired) electrons. The Kier molecular flexibility index (Phi) is 7.24. The summed E-state index contributed by atoms with van der Waals surface area (Å²) in [4.78, 5) is 0. The van der Waals surface area contributed by atoms with Gasteiger partial charge in [-0.1, -0.05) is 158 Å². The standard InChI is InChI=1S/C39H36Si/c1-40(2,3)39-16-8-15-38(28-39)35-25-23-34(24-26-35)37-14-7-13-36(27-37)33-21-19-32(20-22-33)31-12-6-11-29-9-4-5-10-30(29)17-18-31/h4-5,7-11,13-28H,6,12H2,1-3H3/b29-11-,30-17-,31-18+. The van der Waals surface area contributed by atoms with Crippen LogP contribution in [0.3, 0.4) is 0 Å². The van der Waals surface area contributed by atoms with Crippen molar-refractivity contribution in [1.82, 2.24) is 0 Å². The second-order valence-corrected chi connectivity index (χ2v) is 16.9. The highest BCUT2D eigenvalue weighted by Gasteiger charge is 2.16. The topological polar surface area (TPSA) is 0 Å². The third-order valence-corrected chi connectivity index (χ3v) is 10.0. The van der Waals surface area contributed by atoms with Crippen LogP contribution in [0.15, 0.2) is 127 Å². The molecule has 196 valence electrons. The maximum atomic E-state index is 2.40. The Morgan fingerprint density at radius 3 is 1.57 bits per heavy atom. The summed E-state index contributed by atoms with van der Waals surface area (Å²) in [5.74, 6) is 0. The third-order valence-electron chi connectivity index (χ3n) is 7.97. The van der Waals surface area contributed by atoms with Crippen molar-refractivity contribution >= 4 is 31.0 Å². The van der Waals surface area contributed by atoms with Crippen LogP contribution < -0.4 is 15.6 Å². The summed E-state index contributed by atoms with van der Waals surface area (Å²) in [5.41, 5.74) is 10.3. The zero-order chi connectivity index (χ0) is 27.5. The lowest BCUT2D eigenvalue weighted by atomic mass is 9.94. The van der Waals surface area contributed by atoms with Gasteiger partial charge in [0, 0.05) is 0 Å². The van der Waals surface area contributed by atoms with Gasteiger partial charge in [0.05, 0.1) is 8.07 Å². The molecule has 0 saturated heterocycles. The number of rotatable bonds is 5. The van der Waals surface area contributed by atoms with Gasteiger partial charge in [-0.3, -0.25) is 0 Å². The Bertz CT molecular complexity index is 1800. The van der Waals surface area contributed by atoms with Crippen molar-refractivity contribution in [2.24, 2.45) is 0 Å². The molecule has 1 heteroatoms. The van der Waals surface area contributed by atoms with Gasteiger partial charge in [0.2, 0.25) is 0 Å². The normalized spacial score (nSPS) is 16.2. The molecule has 6 rings (SSSR count). The van der Waals surface area contributed by atoms with E-state index in [1.807, 2.05) is 0 Å². The highest BCUT2D eigenvalue weighted by atomic mass is 28.3. The first kappa shape index (κ1) is 26.0. The van der Waals surface area contributed by atoms with Crippen molar-refractivity contribution in [1.29, 1.82) is 0 Å². The largest absolute Gasteiger partial charge is 0.0776 e. The molecule has 0 spiro atoms. The highest BCUT2D eigenvalue weighted by molar-refractivity contribution is 6.88. The van der Waals surface area contributed by atoms with Crippen molar-refractivity contribution in [3.63, 3.8) is 0 Å². The van der Waals surface area contributed by atoms with Gasteiger partial charge in [-0.15, -0.1) is 0 Å². The van der Waals surface area contributed by atoms with E-state index >= 15 is 0 Å². The molecular weight excluding hydrogens is 497 g/mol. The quantitative estimate of drug-likeness (QED) is 0.199. The summed E-state index contributed by atoms with van der Waals surface area (Å²) in [6.45, 7) is 7.21.